The second-order valence-corrected chi connectivity index (χ2v) is 10.1. The number of fused-ring (bicyclic) bond motifs is 1. The molecule has 0 saturated carbocycles. The number of hydrogen-bond acceptors (Lipinski definition) is 6. The molecule has 1 unspecified atom stereocenters. The van der Waals surface area contributed by atoms with Gasteiger partial charge in [0.05, 0.1) is 50.3 Å². The fourth-order valence-corrected chi connectivity index (χ4v) is 4.53. The molecule has 13 heteroatoms. The summed E-state index contributed by atoms with van der Waals surface area (Å²) < 4.78 is 57.7. The molecule has 0 aliphatic carbocycles. The minimum Gasteiger partial charge on any atom is -0.319 e. The number of rotatable bonds is 6. The lowest BCUT2D eigenvalue weighted by Gasteiger charge is -2.13. The van der Waals surface area contributed by atoms with Crippen LogP contribution in [0, 0.1) is 29.7 Å². The number of anilines is 1. The van der Waals surface area contributed by atoms with Crippen LogP contribution in [0.5, 0.6) is 0 Å². The predicted octanol–water partition coefficient (Wildman–Crippen LogP) is 3.99. The first-order valence-electron chi connectivity index (χ1n) is 10.8. The highest BCUT2D eigenvalue weighted by Gasteiger charge is 2.39. The summed E-state index contributed by atoms with van der Waals surface area (Å²) in [5, 5.41) is 24.0. The number of nitrogens with zero attached hydrogens (tertiary/aromatic N) is 5. The zero-order valence-corrected chi connectivity index (χ0v) is 20.5. The Balaban J connectivity index is 1.78. The average Bonchev–Trinajstić information content (AvgIpc) is 3.18. The number of alkyl halides is 3. The van der Waals surface area contributed by atoms with E-state index in [1.165, 1.54) is 37.4 Å². The molecule has 1 atom stereocenters. The Labute approximate surface area is 215 Å². The Hall–Kier alpha value is -4.88. The lowest BCUT2D eigenvalue weighted by molar-refractivity contribution is -0.140. The Morgan fingerprint density at radius 2 is 1.84 bits per heavy atom. The normalized spacial score (nSPS) is 12.8. The van der Waals surface area contributed by atoms with E-state index >= 15 is 0 Å². The quantitative estimate of drug-likeness (QED) is 0.217. The van der Waals surface area contributed by atoms with E-state index in [4.69, 9.17) is 10.5 Å². The third-order valence-electron chi connectivity index (χ3n) is 5.61. The van der Waals surface area contributed by atoms with E-state index in [2.05, 4.69) is 21.3 Å². The largest absolute Gasteiger partial charge is 0.437 e. The van der Waals surface area contributed by atoms with Gasteiger partial charge in [-0.05, 0) is 42.6 Å². The molecule has 0 saturated heterocycles. The number of aromatic nitrogens is 3. The minimum atomic E-state index is -4.88. The van der Waals surface area contributed by atoms with Gasteiger partial charge in [-0.1, -0.05) is 30.3 Å². The summed E-state index contributed by atoms with van der Waals surface area (Å²) >= 11 is 0. The third kappa shape index (κ3) is 5.14. The fraction of sp³-hybridized carbons (Fsp3) is 0.120. The number of nitrogens with one attached hydrogen (secondary N) is 2. The number of amides is 1. The van der Waals surface area contributed by atoms with Crippen LogP contribution in [-0.2, 0) is 22.4 Å². The van der Waals surface area contributed by atoms with Crippen molar-refractivity contribution in [2.75, 3.05) is 5.32 Å². The van der Waals surface area contributed by atoms with Crippen LogP contribution in [0.3, 0.4) is 0 Å². The summed E-state index contributed by atoms with van der Waals surface area (Å²) in [5.74, 6) is 2.53. The van der Waals surface area contributed by atoms with Crippen LogP contribution in [0.15, 0.2) is 59.6 Å². The van der Waals surface area contributed by atoms with Crippen LogP contribution < -0.4 is 10.0 Å². The number of carbonyl (C=O) groups is 1. The number of benzene rings is 2. The van der Waals surface area contributed by atoms with Gasteiger partial charge in [-0.2, -0.15) is 28.8 Å². The van der Waals surface area contributed by atoms with Crippen molar-refractivity contribution in [1.29, 1.82) is 10.5 Å². The van der Waals surface area contributed by atoms with E-state index in [-0.39, 0.29) is 33.7 Å². The summed E-state index contributed by atoms with van der Waals surface area (Å²) in [5.41, 5.74) is -0.673. The zero-order chi connectivity index (χ0) is 27.7. The molecule has 0 bridgehead atoms. The Morgan fingerprint density at radius 1 is 1.16 bits per heavy atom. The van der Waals surface area contributed by atoms with Crippen molar-refractivity contribution >= 4 is 38.1 Å². The van der Waals surface area contributed by atoms with E-state index in [0.29, 0.717) is 11.1 Å². The van der Waals surface area contributed by atoms with Gasteiger partial charge in [0.15, 0.2) is 11.9 Å². The molecule has 2 N–H and O–H groups in total. The minimum absolute atomic E-state index is 0.0395. The lowest BCUT2D eigenvalue weighted by atomic mass is 10.1. The molecule has 0 radical (unpaired) electrons. The maximum Gasteiger partial charge on any atom is 0.437 e. The van der Waals surface area contributed by atoms with Gasteiger partial charge in [-0.3, -0.25) is 9.48 Å². The van der Waals surface area contributed by atoms with Gasteiger partial charge in [0, 0.05) is 5.39 Å². The molecule has 2 heterocycles. The number of hydrogen-bond donors (Lipinski definition) is 2. The first kappa shape index (κ1) is 26.2. The standard InChI is InChI=1S/C25H18F3N7O2S/c1-15-22(23(25(26,27)28)34-35(15)13-17-9-7-16(12-29)8-10-17)33-24(36)19-11-21(38(2,37)31-14-30)32-20-6-4-3-5-18(19)20/h3-11H,2,13H2,1H3,(H,31,37)(H,33,36). The summed E-state index contributed by atoms with van der Waals surface area (Å²) in [6.07, 6.45) is -3.36. The molecule has 0 spiro atoms. The van der Waals surface area contributed by atoms with Crippen molar-refractivity contribution < 1.29 is 22.2 Å². The number of nitriles is 2. The first-order chi connectivity index (χ1) is 17.9. The van der Waals surface area contributed by atoms with Gasteiger partial charge in [0.2, 0.25) is 0 Å². The molecule has 192 valence electrons. The number of carbonyl (C=O) groups excluding carboxylic acids is 1. The molecule has 38 heavy (non-hydrogen) atoms. The Kier molecular flexibility index (Phi) is 6.81. The molecule has 0 aliphatic heterocycles. The molecule has 0 aliphatic rings. The molecule has 1 amide bonds. The van der Waals surface area contributed by atoms with Gasteiger partial charge in [-0.25, -0.2) is 13.9 Å². The van der Waals surface area contributed by atoms with Crippen molar-refractivity contribution in [3.63, 3.8) is 0 Å². The van der Waals surface area contributed by atoms with Crippen LogP contribution >= 0.6 is 0 Å². The average molecular weight is 538 g/mol. The van der Waals surface area contributed by atoms with Crippen molar-refractivity contribution in [3.8, 4) is 12.3 Å². The second-order valence-electron chi connectivity index (χ2n) is 8.14. The molecule has 4 rings (SSSR count). The summed E-state index contributed by atoms with van der Waals surface area (Å²) in [7, 11) is -3.42. The van der Waals surface area contributed by atoms with Crippen LogP contribution in [0.1, 0.15) is 32.9 Å². The van der Waals surface area contributed by atoms with Gasteiger partial charge >= 0.3 is 6.18 Å². The smallest absolute Gasteiger partial charge is 0.319 e. The topological polar surface area (TPSA) is 136 Å². The first-order valence-corrected chi connectivity index (χ1v) is 12.5. The van der Waals surface area contributed by atoms with Crippen LogP contribution in [0.2, 0.25) is 0 Å². The van der Waals surface area contributed by atoms with E-state index in [0.717, 1.165) is 10.7 Å². The highest BCUT2D eigenvalue weighted by Crippen LogP contribution is 2.36. The molecule has 4 aromatic rings. The molecule has 0 fully saturated rings. The summed E-state index contributed by atoms with van der Waals surface area (Å²) in [6, 6.07) is 15.7. The van der Waals surface area contributed by atoms with Crippen molar-refractivity contribution in [3.05, 3.63) is 82.7 Å². The van der Waals surface area contributed by atoms with E-state index in [1.54, 1.807) is 24.3 Å². The lowest BCUT2D eigenvalue weighted by Crippen LogP contribution is -2.21. The molecular weight excluding hydrogens is 519 g/mol. The molecule has 9 nitrogen and oxygen atoms in total. The van der Waals surface area contributed by atoms with Crippen molar-refractivity contribution in [2.45, 2.75) is 24.7 Å². The van der Waals surface area contributed by atoms with Crippen LogP contribution in [0.4, 0.5) is 18.9 Å². The number of halogens is 3. The Morgan fingerprint density at radius 3 is 2.47 bits per heavy atom. The van der Waals surface area contributed by atoms with Gasteiger partial charge in [-0.15, -0.1) is 0 Å². The van der Waals surface area contributed by atoms with E-state index in [1.807, 2.05) is 10.8 Å². The van der Waals surface area contributed by atoms with Crippen LogP contribution in [-0.4, -0.2) is 30.8 Å². The van der Waals surface area contributed by atoms with Crippen LogP contribution in [0.25, 0.3) is 10.9 Å². The number of para-hydroxylation sites is 1. The molecule has 2 aromatic carbocycles. The predicted molar refractivity (Wildman–Crippen MR) is 134 cm³/mol. The van der Waals surface area contributed by atoms with Crippen molar-refractivity contribution in [2.24, 2.45) is 0 Å². The van der Waals surface area contributed by atoms with Gasteiger partial charge in [0.25, 0.3) is 5.91 Å². The van der Waals surface area contributed by atoms with Gasteiger partial charge in [0.1, 0.15) is 5.03 Å². The summed E-state index contributed by atoms with van der Waals surface area (Å²) in [6.45, 7) is 1.35. The molecule has 2 aromatic heterocycles. The monoisotopic (exact) mass is 537 g/mol. The van der Waals surface area contributed by atoms with E-state index < -0.39 is 33.2 Å². The fourth-order valence-electron chi connectivity index (χ4n) is 3.72. The maximum atomic E-state index is 13.9. The summed E-state index contributed by atoms with van der Waals surface area (Å²) in [4.78, 5) is 17.6. The third-order valence-corrected chi connectivity index (χ3v) is 6.92. The van der Waals surface area contributed by atoms with Crippen molar-refractivity contribution in [1.82, 2.24) is 19.5 Å². The molecular formula is C25H18F3N7O2S. The van der Waals surface area contributed by atoms with Gasteiger partial charge < -0.3 is 5.32 Å². The number of pyridine rings is 1. The van der Waals surface area contributed by atoms with E-state index in [9.17, 15) is 22.2 Å². The SMILES string of the molecule is C=S(=O)(NC#N)c1cc(C(=O)Nc2c(C(F)(F)F)nn(Cc3ccc(C#N)cc3)c2C)c2ccccc2n1. The Bertz CT molecular complexity index is 1750. The highest BCUT2D eigenvalue weighted by molar-refractivity contribution is 7.98. The second kappa shape index (κ2) is 9.88. The highest BCUT2D eigenvalue weighted by atomic mass is 32.2. The zero-order valence-electron chi connectivity index (χ0n) is 19.7. The maximum absolute atomic E-state index is 13.9.